The molecular weight excluding hydrogens is 945 g/mol. The molecule has 10 atom stereocenters. The van der Waals surface area contributed by atoms with Crippen molar-refractivity contribution >= 4 is 0 Å². The number of methoxy groups -OCH3 is 1. The van der Waals surface area contributed by atoms with Crippen LogP contribution in [0.25, 0.3) is 0 Å². The van der Waals surface area contributed by atoms with Gasteiger partial charge >= 0.3 is 0 Å². The van der Waals surface area contributed by atoms with E-state index in [2.05, 4.69) is 50.2 Å². The Bertz CT molecular complexity index is 2170. The average Bonchev–Trinajstić information content (AvgIpc) is 3.45. The average molecular weight is 1030 g/mol. The van der Waals surface area contributed by atoms with E-state index < -0.39 is 61.4 Å². The van der Waals surface area contributed by atoms with Gasteiger partial charge in [-0.1, -0.05) is 230 Å². The van der Waals surface area contributed by atoms with E-state index in [0.29, 0.717) is 26.4 Å². The van der Waals surface area contributed by atoms with Crippen LogP contribution in [0.1, 0.15) is 119 Å². The second kappa shape index (κ2) is 34.4. The molecule has 2 aliphatic rings. The first-order valence-corrected chi connectivity index (χ1v) is 28.1. The van der Waals surface area contributed by atoms with Gasteiger partial charge in [0.15, 0.2) is 12.6 Å². The highest BCUT2D eigenvalue weighted by Crippen LogP contribution is 2.37. The van der Waals surface area contributed by atoms with Gasteiger partial charge in [0.25, 0.3) is 0 Å². The standard InChI is InChI=1S/C64H86O11/c1-4-6-8-10-12-29-41-68-57-55(48-66-43-50-31-19-14-20-32-50)74-64(62(72-47-54-39-27-18-28-40-54)59(57)69-42-30-13-11-9-7-5-2)75-58-56(49-67-44-51-33-21-15-22-34-51)73-63(65-3)61(71-46-53-37-25-17-26-38-53)60(58)70-45-52-35-23-16-24-36-52/h14-28,31-40,55-64H,4-13,29-30,41-49H2,1-3H3/t55-,56-,57+,58-,59+,60+,61-,62-,63-,64+/m1/s1. The van der Waals surface area contributed by atoms with Gasteiger partial charge in [-0.3, -0.25) is 0 Å². The molecule has 0 N–H and O–H groups in total. The Morgan fingerprint density at radius 1 is 0.333 bits per heavy atom. The van der Waals surface area contributed by atoms with Gasteiger partial charge in [-0.2, -0.15) is 0 Å². The lowest BCUT2D eigenvalue weighted by Crippen LogP contribution is -2.66. The second-order valence-corrected chi connectivity index (χ2v) is 19.9. The molecule has 0 saturated carbocycles. The van der Waals surface area contributed by atoms with Gasteiger partial charge in [0, 0.05) is 20.3 Å². The fraction of sp³-hybridized carbons (Fsp3) is 0.531. The van der Waals surface area contributed by atoms with Crippen LogP contribution in [0.4, 0.5) is 0 Å². The van der Waals surface area contributed by atoms with Crippen LogP contribution in [0, 0.1) is 0 Å². The maximum atomic E-state index is 7.55. The van der Waals surface area contributed by atoms with E-state index in [1.165, 1.54) is 44.9 Å². The summed E-state index contributed by atoms with van der Waals surface area (Å²) in [5.74, 6) is 0. The normalized spacial score (nSPS) is 23.8. The molecule has 5 aromatic carbocycles. The second-order valence-electron chi connectivity index (χ2n) is 19.9. The number of unbranched alkanes of at least 4 members (excludes halogenated alkanes) is 10. The highest BCUT2D eigenvalue weighted by Gasteiger charge is 2.54. The SMILES string of the molecule is CCCCCCCCO[C@H]1[C@@H](OCCCCCCCC)[C@@H](COCc2ccccc2)O[C@@H](O[C@H]2[C@H](OCc3ccccc3)[C@@H](OCc3ccccc3)[C@H](OC)O[C@@H]2COCc2ccccc2)[C@@H]1OCc1ccccc1. The number of hydrogen-bond acceptors (Lipinski definition) is 11. The van der Waals surface area contributed by atoms with Gasteiger partial charge in [-0.15, -0.1) is 0 Å². The van der Waals surface area contributed by atoms with Crippen molar-refractivity contribution in [2.45, 2.75) is 185 Å². The first-order valence-electron chi connectivity index (χ1n) is 28.1. The van der Waals surface area contributed by atoms with Crippen LogP contribution >= 0.6 is 0 Å². The third kappa shape index (κ3) is 19.9. The fourth-order valence-electron chi connectivity index (χ4n) is 9.81. The van der Waals surface area contributed by atoms with Gasteiger partial charge in [0.1, 0.15) is 48.8 Å². The highest BCUT2D eigenvalue weighted by molar-refractivity contribution is 5.17. The van der Waals surface area contributed by atoms with Crippen LogP contribution in [0.3, 0.4) is 0 Å². The van der Waals surface area contributed by atoms with Crippen molar-refractivity contribution in [3.63, 3.8) is 0 Å². The molecule has 5 aromatic rings. The maximum Gasteiger partial charge on any atom is 0.187 e. The number of ether oxygens (including phenoxy) is 11. The Labute approximate surface area is 448 Å². The molecule has 2 aliphatic heterocycles. The van der Waals surface area contributed by atoms with Crippen molar-refractivity contribution in [3.8, 4) is 0 Å². The van der Waals surface area contributed by atoms with Crippen molar-refractivity contribution in [1.82, 2.24) is 0 Å². The summed E-state index contributed by atoms with van der Waals surface area (Å²) in [6.45, 7) is 7.58. The summed E-state index contributed by atoms with van der Waals surface area (Å²) < 4.78 is 76.3. The number of benzene rings is 5. The summed E-state index contributed by atoms with van der Waals surface area (Å²) in [5, 5.41) is 0. The summed E-state index contributed by atoms with van der Waals surface area (Å²) in [5.41, 5.74) is 5.11. The van der Waals surface area contributed by atoms with Crippen LogP contribution in [-0.4, -0.2) is 94.9 Å². The molecule has 0 amide bonds. The first kappa shape index (κ1) is 58.3. The van der Waals surface area contributed by atoms with Crippen molar-refractivity contribution in [2.24, 2.45) is 0 Å². The van der Waals surface area contributed by atoms with E-state index in [1.807, 2.05) is 115 Å². The van der Waals surface area contributed by atoms with E-state index in [1.54, 1.807) is 7.11 Å². The predicted molar refractivity (Wildman–Crippen MR) is 293 cm³/mol. The molecule has 7 rings (SSSR count). The fourth-order valence-corrected chi connectivity index (χ4v) is 9.81. The Balaban J connectivity index is 1.26. The largest absolute Gasteiger partial charge is 0.374 e. The molecule has 11 heteroatoms. The molecule has 0 unspecified atom stereocenters. The quantitative estimate of drug-likeness (QED) is 0.0358. The lowest BCUT2D eigenvalue weighted by Gasteiger charge is -2.50. The summed E-state index contributed by atoms with van der Waals surface area (Å²) >= 11 is 0. The van der Waals surface area contributed by atoms with Crippen LogP contribution in [-0.2, 0) is 85.1 Å². The monoisotopic (exact) mass is 1030 g/mol. The Morgan fingerprint density at radius 2 is 0.667 bits per heavy atom. The summed E-state index contributed by atoms with van der Waals surface area (Å²) in [6.07, 6.45) is 6.31. The van der Waals surface area contributed by atoms with Crippen LogP contribution in [0.2, 0.25) is 0 Å². The molecule has 2 heterocycles. The van der Waals surface area contributed by atoms with E-state index >= 15 is 0 Å². The van der Waals surface area contributed by atoms with E-state index in [-0.39, 0.29) is 33.0 Å². The van der Waals surface area contributed by atoms with Crippen LogP contribution in [0.15, 0.2) is 152 Å². The molecule has 0 spiro atoms. The zero-order chi connectivity index (χ0) is 52.0. The minimum absolute atomic E-state index is 0.157. The first-order chi connectivity index (χ1) is 37.1. The summed E-state index contributed by atoms with van der Waals surface area (Å²) in [4.78, 5) is 0. The zero-order valence-electron chi connectivity index (χ0n) is 45.0. The summed E-state index contributed by atoms with van der Waals surface area (Å²) in [6, 6.07) is 50.8. The third-order valence-electron chi connectivity index (χ3n) is 14.0. The molecule has 2 saturated heterocycles. The minimum atomic E-state index is -1.01. The van der Waals surface area contributed by atoms with Gasteiger partial charge in [-0.25, -0.2) is 0 Å². The van der Waals surface area contributed by atoms with Crippen LogP contribution < -0.4 is 0 Å². The van der Waals surface area contributed by atoms with Crippen LogP contribution in [0.5, 0.6) is 0 Å². The molecular formula is C64H86O11. The van der Waals surface area contributed by atoms with Gasteiger partial charge < -0.3 is 52.1 Å². The highest BCUT2D eigenvalue weighted by atomic mass is 16.8. The minimum Gasteiger partial charge on any atom is -0.374 e. The van der Waals surface area contributed by atoms with E-state index in [4.69, 9.17) is 52.1 Å². The Morgan fingerprint density at radius 3 is 1.09 bits per heavy atom. The van der Waals surface area contributed by atoms with E-state index in [9.17, 15) is 0 Å². The Kier molecular flexibility index (Phi) is 26.8. The zero-order valence-corrected chi connectivity index (χ0v) is 45.0. The molecule has 0 bridgehead atoms. The number of hydrogen-bond donors (Lipinski definition) is 0. The lowest BCUT2D eigenvalue weighted by molar-refractivity contribution is -0.375. The molecule has 2 fully saturated rings. The molecule has 75 heavy (non-hydrogen) atoms. The van der Waals surface area contributed by atoms with Crippen molar-refractivity contribution in [2.75, 3.05) is 33.5 Å². The van der Waals surface area contributed by atoms with E-state index in [0.717, 1.165) is 59.9 Å². The third-order valence-corrected chi connectivity index (χ3v) is 14.0. The van der Waals surface area contributed by atoms with Crippen molar-refractivity contribution in [1.29, 1.82) is 0 Å². The van der Waals surface area contributed by atoms with Gasteiger partial charge in [0.05, 0.1) is 46.2 Å². The molecule has 408 valence electrons. The molecule has 11 nitrogen and oxygen atoms in total. The Hall–Kier alpha value is -4.34. The van der Waals surface area contributed by atoms with Crippen molar-refractivity contribution < 1.29 is 52.1 Å². The number of rotatable bonds is 36. The lowest BCUT2D eigenvalue weighted by atomic mass is 9.95. The molecule has 0 aliphatic carbocycles. The summed E-state index contributed by atoms with van der Waals surface area (Å²) in [7, 11) is 1.63. The molecule has 0 aromatic heterocycles. The van der Waals surface area contributed by atoms with Gasteiger partial charge in [-0.05, 0) is 40.7 Å². The smallest absolute Gasteiger partial charge is 0.187 e. The topological polar surface area (TPSA) is 102 Å². The maximum absolute atomic E-state index is 7.55. The van der Waals surface area contributed by atoms with Crippen molar-refractivity contribution in [3.05, 3.63) is 179 Å². The molecule has 0 radical (unpaired) electrons. The predicted octanol–water partition coefficient (Wildman–Crippen LogP) is 13.1. The van der Waals surface area contributed by atoms with Gasteiger partial charge in [0.2, 0.25) is 0 Å².